The smallest absolute Gasteiger partial charge is 0.222 e. The maximum Gasteiger partial charge on any atom is 0.231 e. The molecule has 0 rings (SSSR count). The van der Waals surface area contributed by atoms with Gasteiger partial charge in [0.15, 0.2) is 0 Å². The van der Waals surface area contributed by atoms with Crippen LogP contribution < -0.4 is 0 Å². The maximum atomic E-state index is 8.35. The number of hydrogen-bond acceptors (Lipinski definition) is 8. The largest absolute Gasteiger partial charge is 0.231 e. The molecule has 0 saturated heterocycles. The van der Waals surface area contributed by atoms with Crippen LogP contribution >= 0.6 is 0 Å². The van der Waals surface area contributed by atoms with Gasteiger partial charge in [-0.25, -0.2) is 40.8 Å². The van der Waals surface area contributed by atoms with E-state index in [4.69, 9.17) is 40.8 Å². The molecule has 0 aliphatic carbocycles. The summed E-state index contributed by atoms with van der Waals surface area (Å²) < 4.78 is 0. The van der Waals surface area contributed by atoms with Gasteiger partial charge in [0.1, 0.15) is 0 Å². The van der Waals surface area contributed by atoms with E-state index >= 15 is 0 Å². The van der Waals surface area contributed by atoms with Crippen LogP contribution in [0.1, 0.15) is 0 Å². The van der Waals surface area contributed by atoms with Crippen LogP contribution in [0.3, 0.4) is 0 Å². The normalized spacial score (nSPS) is 2.46. The quantitative estimate of drug-likeness (QED) is 0.345. The summed E-state index contributed by atoms with van der Waals surface area (Å²) in [5.74, 6) is 0. The van der Waals surface area contributed by atoms with Crippen LogP contribution in [0.2, 0.25) is 0 Å². The van der Waals surface area contributed by atoms with Gasteiger partial charge in [0.25, 0.3) is 0 Å². The second-order valence-electron chi connectivity index (χ2n) is 0.408. The number of isocyanates is 4. The average Bonchev–Trinajstić information content (AvgIpc) is 1.92. The fourth-order valence-electron chi connectivity index (χ4n) is 0. The van der Waals surface area contributed by atoms with Crippen molar-refractivity contribution in [2.75, 3.05) is 0 Å². The first kappa shape index (κ1) is 30.1. The second kappa shape index (κ2) is 159. The van der Waals surface area contributed by atoms with Gasteiger partial charge in [-0.3, -0.25) is 0 Å². The van der Waals surface area contributed by atoms with E-state index in [0.717, 1.165) is 24.3 Å². The zero-order valence-electron chi connectivity index (χ0n) is 6.13. The van der Waals surface area contributed by atoms with Crippen molar-refractivity contribution in [3.8, 4) is 0 Å². The number of rotatable bonds is 0. The van der Waals surface area contributed by atoms with Crippen molar-refractivity contribution < 1.29 is 45.4 Å². The first-order chi connectivity index (χ1) is 5.66. The van der Waals surface area contributed by atoms with Crippen LogP contribution in [0.15, 0.2) is 0 Å². The minimum absolute atomic E-state index is 0. The fraction of sp³-hybridized carbons (Fsp3) is 0. The fourth-order valence-corrected chi connectivity index (χ4v) is 0. The maximum absolute atomic E-state index is 8.35. The molecule has 0 radical (unpaired) electrons. The molecule has 0 bridgehead atoms. The van der Waals surface area contributed by atoms with Crippen LogP contribution in [0.25, 0.3) is 0 Å². The van der Waals surface area contributed by atoms with Crippen molar-refractivity contribution >= 4 is 24.3 Å². The molecule has 0 heterocycles. The third kappa shape index (κ3) is 288. The van der Waals surface area contributed by atoms with Gasteiger partial charge < -0.3 is 0 Å². The first-order valence-electron chi connectivity index (χ1n) is 1.82. The van der Waals surface area contributed by atoms with E-state index in [2.05, 4.69) is 0 Å². The Kier molecular flexibility index (Phi) is 369. The summed E-state index contributed by atoms with van der Waals surface area (Å²) in [5.41, 5.74) is 0. The predicted octanol–water partition coefficient (Wildman–Crippen LogP) is -0.399. The van der Waals surface area contributed by atoms with Crippen molar-refractivity contribution in [3.63, 3.8) is 0 Å². The second-order valence-corrected chi connectivity index (χ2v) is 0.408. The molecular formula is C4H4N4O4Zr. The molecule has 68 valence electrons. The summed E-state index contributed by atoms with van der Waals surface area (Å²) in [5, 5.41) is 21.6. The molecule has 13 heavy (non-hydrogen) atoms. The summed E-state index contributed by atoms with van der Waals surface area (Å²) in [6.07, 6.45) is 3.00. The third-order valence-corrected chi connectivity index (χ3v) is 0. The Morgan fingerprint density at radius 3 is 0.538 bits per heavy atom. The van der Waals surface area contributed by atoms with Crippen LogP contribution in [-0.4, -0.2) is 24.3 Å². The standard InChI is InChI=1S/4CHNO.Zr/c4*2-1-3;/h4*2H;. The van der Waals surface area contributed by atoms with Crippen molar-refractivity contribution in [2.45, 2.75) is 0 Å². The molecule has 8 nitrogen and oxygen atoms in total. The number of carbonyl (C=O) groups excluding carboxylic acids is 4. The van der Waals surface area contributed by atoms with Crippen molar-refractivity contribution in [1.29, 1.82) is 21.6 Å². The Balaban J connectivity index is -0.0000000213. The van der Waals surface area contributed by atoms with Gasteiger partial charge in [0.05, 0.1) is 0 Å². The Morgan fingerprint density at radius 1 is 0.538 bits per heavy atom. The van der Waals surface area contributed by atoms with Gasteiger partial charge in [0, 0.05) is 26.2 Å². The zero-order chi connectivity index (χ0) is 10.8. The Bertz CT molecular complexity index is 156. The first-order valence-corrected chi connectivity index (χ1v) is 1.82. The van der Waals surface area contributed by atoms with Gasteiger partial charge in [0.2, 0.25) is 24.3 Å². The van der Waals surface area contributed by atoms with E-state index in [1.165, 1.54) is 0 Å². The van der Waals surface area contributed by atoms with E-state index in [1.54, 1.807) is 0 Å². The zero-order valence-corrected chi connectivity index (χ0v) is 8.59. The van der Waals surface area contributed by atoms with E-state index in [1.807, 2.05) is 0 Å². The van der Waals surface area contributed by atoms with Gasteiger partial charge in [-0.1, -0.05) is 0 Å². The van der Waals surface area contributed by atoms with Crippen molar-refractivity contribution in [2.24, 2.45) is 0 Å². The van der Waals surface area contributed by atoms with Crippen molar-refractivity contribution in [3.05, 3.63) is 0 Å². The molecule has 0 unspecified atom stereocenters. The molecule has 0 aliphatic heterocycles. The van der Waals surface area contributed by atoms with E-state index < -0.39 is 0 Å². The number of nitrogens with one attached hydrogen (secondary N) is 4. The molecule has 0 aromatic rings. The molecule has 0 spiro atoms. The molecule has 4 N–H and O–H groups in total. The minimum atomic E-state index is 0. The molecular weight excluding hydrogens is 259 g/mol. The molecule has 9 heteroatoms. The van der Waals surface area contributed by atoms with Crippen LogP contribution in [0.4, 0.5) is 0 Å². The molecule has 0 amide bonds. The van der Waals surface area contributed by atoms with Gasteiger partial charge in [-0.2, -0.15) is 0 Å². The summed E-state index contributed by atoms with van der Waals surface area (Å²) in [7, 11) is 0. The summed E-state index contributed by atoms with van der Waals surface area (Å²) in [4.78, 5) is 33.4. The summed E-state index contributed by atoms with van der Waals surface area (Å²) in [6.45, 7) is 0. The molecule has 0 fully saturated rings. The Hall–Kier alpha value is -1.60. The van der Waals surface area contributed by atoms with E-state index in [9.17, 15) is 0 Å². The van der Waals surface area contributed by atoms with Gasteiger partial charge in [-0.05, 0) is 0 Å². The van der Waals surface area contributed by atoms with E-state index in [-0.39, 0.29) is 26.2 Å². The third-order valence-electron chi connectivity index (χ3n) is 0. The topological polar surface area (TPSA) is 164 Å². The molecule has 0 aromatic carbocycles. The van der Waals surface area contributed by atoms with Crippen LogP contribution in [0, 0.1) is 21.6 Å². The summed E-state index contributed by atoms with van der Waals surface area (Å²) >= 11 is 0. The SMILES string of the molecule is N=C=O.N=C=O.N=C=O.N=C=O.[Zr]. The van der Waals surface area contributed by atoms with E-state index in [0.29, 0.717) is 0 Å². The Morgan fingerprint density at radius 2 is 0.538 bits per heavy atom. The van der Waals surface area contributed by atoms with Gasteiger partial charge >= 0.3 is 0 Å². The summed E-state index contributed by atoms with van der Waals surface area (Å²) in [6, 6.07) is 0. The van der Waals surface area contributed by atoms with Crippen LogP contribution in [-0.2, 0) is 45.4 Å². The van der Waals surface area contributed by atoms with Crippen molar-refractivity contribution in [1.82, 2.24) is 0 Å². The monoisotopic (exact) mass is 262 g/mol. The van der Waals surface area contributed by atoms with Crippen LogP contribution in [0.5, 0.6) is 0 Å². The molecule has 0 aliphatic rings. The predicted molar refractivity (Wildman–Crippen MR) is 33.7 cm³/mol. The Labute approximate surface area is 91.5 Å². The molecule has 0 atom stereocenters. The molecule has 0 saturated carbocycles. The average molecular weight is 263 g/mol. The van der Waals surface area contributed by atoms with Gasteiger partial charge in [-0.15, -0.1) is 0 Å². The molecule has 0 aromatic heterocycles. The number of hydrogen-bond donors (Lipinski definition) is 4. The minimum Gasteiger partial charge on any atom is -0.222 e.